The summed E-state index contributed by atoms with van der Waals surface area (Å²) in [6, 6.07) is 50.4. The van der Waals surface area contributed by atoms with Gasteiger partial charge in [-0.25, -0.2) is 15.0 Å². The molecule has 0 unspecified atom stereocenters. The molecule has 0 spiro atoms. The van der Waals surface area contributed by atoms with Crippen LogP contribution in [0.25, 0.3) is 54.0 Å². The Morgan fingerprint density at radius 3 is 1.62 bits per heavy atom. The van der Waals surface area contributed by atoms with Crippen LogP contribution in [0.1, 0.15) is 0 Å². The molecular weight excluding hydrogens is 533 g/mol. The van der Waals surface area contributed by atoms with E-state index in [0.29, 0.717) is 0 Å². The Labute approximate surface area is 247 Å². The molecule has 0 bridgehead atoms. The second-order valence-corrected chi connectivity index (χ2v) is 11.2. The Kier molecular flexibility index (Phi) is 5.94. The predicted molar refractivity (Wildman–Crippen MR) is 176 cm³/mol. The second-order valence-electron chi connectivity index (χ2n) is 10.2. The molecule has 0 saturated heterocycles. The zero-order valence-electron chi connectivity index (χ0n) is 22.6. The van der Waals surface area contributed by atoms with Crippen molar-refractivity contribution in [2.24, 2.45) is 0 Å². The van der Waals surface area contributed by atoms with Gasteiger partial charge in [0.2, 0.25) is 0 Å². The van der Waals surface area contributed by atoms with Gasteiger partial charge in [0.1, 0.15) is 5.01 Å². The molecule has 6 aromatic carbocycles. The van der Waals surface area contributed by atoms with E-state index in [1.165, 1.54) is 15.8 Å². The zero-order chi connectivity index (χ0) is 27.9. The van der Waals surface area contributed by atoms with Gasteiger partial charge < -0.3 is 4.90 Å². The maximum Gasteiger partial charge on any atom is 0.124 e. The highest BCUT2D eigenvalue weighted by atomic mass is 32.1. The Balaban J connectivity index is 1.14. The topological polar surface area (TPSA) is 41.9 Å². The minimum atomic E-state index is 0.872. The van der Waals surface area contributed by atoms with Crippen LogP contribution in [0.3, 0.4) is 0 Å². The van der Waals surface area contributed by atoms with Crippen molar-refractivity contribution in [2.45, 2.75) is 0 Å². The fourth-order valence-corrected chi connectivity index (χ4v) is 6.35. The first-order chi connectivity index (χ1) is 20.8. The average Bonchev–Trinajstić information content (AvgIpc) is 3.49. The third-order valence-corrected chi connectivity index (χ3v) is 8.57. The van der Waals surface area contributed by atoms with Gasteiger partial charge in [-0.05, 0) is 77.9 Å². The van der Waals surface area contributed by atoms with Crippen LogP contribution in [0, 0.1) is 0 Å². The monoisotopic (exact) mass is 556 g/mol. The zero-order valence-corrected chi connectivity index (χ0v) is 23.4. The molecule has 0 atom stereocenters. The standard InChI is InChI=1S/C37H24N4S/c1-2-8-28(9-3-1)41(30-22-23-33-35(24-30)39-32-11-5-4-10-31(32)38-33)29-20-18-26(19-21-29)25-14-16-27(17-15-25)37-40-34-12-6-7-13-36(34)42-37/h1-24H. The van der Waals surface area contributed by atoms with Gasteiger partial charge in [-0.15, -0.1) is 11.3 Å². The molecule has 8 rings (SSSR count). The molecule has 0 amide bonds. The third kappa shape index (κ3) is 4.46. The summed E-state index contributed by atoms with van der Waals surface area (Å²) in [5.74, 6) is 0. The highest BCUT2D eigenvalue weighted by Crippen LogP contribution is 2.37. The average molecular weight is 557 g/mol. The number of benzene rings is 6. The lowest BCUT2D eigenvalue weighted by molar-refractivity contribution is 1.28. The first-order valence-corrected chi connectivity index (χ1v) is 14.7. The normalized spacial score (nSPS) is 11.3. The van der Waals surface area contributed by atoms with Crippen molar-refractivity contribution < 1.29 is 0 Å². The van der Waals surface area contributed by atoms with Crippen LogP contribution >= 0.6 is 11.3 Å². The molecule has 8 aromatic rings. The maximum absolute atomic E-state index is 4.91. The van der Waals surface area contributed by atoms with E-state index < -0.39 is 0 Å². The summed E-state index contributed by atoms with van der Waals surface area (Å²) in [5, 5.41) is 1.05. The summed E-state index contributed by atoms with van der Waals surface area (Å²) in [6.07, 6.45) is 0. The fraction of sp³-hybridized carbons (Fsp3) is 0. The number of hydrogen-bond acceptors (Lipinski definition) is 5. The first-order valence-electron chi connectivity index (χ1n) is 13.9. The van der Waals surface area contributed by atoms with E-state index in [1.807, 2.05) is 36.4 Å². The molecule has 4 nitrogen and oxygen atoms in total. The van der Waals surface area contributed by atoms with Crippen molar-refractivity contribution in [2.75, 3.05) is 4.90 Å². The Hall–Kier alpha value is -5.39. The number of hydrogen-bond donors (Lipinski definition) is 0. The van der Waals surface area contributed by atoms with Crippen molar-refractivity contribution >= 4 is 60.7 Å². The molecule has 0 fully saturated rings. The minimum Gasteiger partial charge on any atom is -0.310 e. The number of rotatable bonds is 5. The van der Waals surface area contributed by atoms with Crippen LogP contribution in [0.2, 0.25) is 0 Å². The van der Waals surface area contributed by atoms with Crippen LogP contribution in [0.15, 0.2) is 146 Å². The second kappa shape index (κ2) is 10.2. The van der Waals surface area contributed by atoms with Gasteiger partial charge in [0.05, 0.1) is 32.3 Å². The van der Waals surface area contributed by atoms with Gasteiger partial charge in [0.25, 0.3) is 0 Å². The molecule has 0 aliphatic heterocycles. The van der Waals surface area contributed by atoms with E-state index >= 15 is 0 Å². The van der Waals surface area contributed by atoms with Gasteiger partial charge >= 0.3 is 0 Å². The molecule has 0 radical (unpaired) electrons. The van der Waals surface area contributed by atoms with Crippen LogP contribution in [0.4, 0.5) is 17.1 Å². The van der Waals surface area contributed by atoms with E-state index in [2.05, 4.69) is 114 Å². The van der Waals surface area contributed by atoms with Gasteiger partial charge in [0.15, 0.2) is 0 Å². The summed E-state index contributed by atoms with van der Waals surface area (Å²) < 4.78 is 1.21. The molecule has 0 saturated carbocycles. The Morgan fingerprint density at radius 1 is 0.381 bits per heavy atom. The highest BCUT2D eigenvalue weighted by Gasteiger charge is 2.14. The summed E-state index contributed by atoms with van der Waals surface area (Å²) in [7, 11) is 0. The number of para-hydroxylation sites is 4. The van der Waals surface area contributed by atoms with Crippen molar-refractivity contribution in [3.05, 3.63) is 146 Å². The lowest BCUT2D eigenvalue weighted by atomic mass is 10.0. The molecule has 198 valence electrons. The van der Waals surface area contributed by atoms with E-state index in [1.54, 1.807) is 11.3 Å². The summed E-state index contributed by atoms with van der Waals surface area (Å²) in [5.41, 5.74) is 11.3. The number of nitrogens with zero attached hydrogens (tertiary/aromatic N) is 4. The van der Waals surface area contributed by atoms with Gasteiger partial charge in [0, 0.05) is 22.6 Å². The number of anilines is 3. The summed E-state index contributed by atoms with van der Waals surface area (Å²) in [4.78, 5) is 16.8. The molecule has 42 heavy (non-hydrogen) atoms. The van der Waals surface area contributed by atoms with E-state index in [0.717, 1.165) is 55.2 Å². The van der Waals surface area contributed by atoms with E-state index in [9.17, 15) is 0 Å². The minimum absolute atomic E-state index is 0.872. The smallest absolute Gasteiger partial charge is 0.124 e. The van der Waals surface area contributed by atoms with Crippen molar-refractivity contribution in [1.29, 1.82) is 0 Å². The van der Waals surface area contributed by atoms with E-state index in [-0.39, 0.29) is 0 Å². The third-order valence-electron chi connectivity index (χ3n) is 7.48. The van der Waals surface area contributed by atoms with Gasteiger partial charge in [-0.2, -0.15) is 0 Å². The maximum atomic E-state index is 4.91. The van der Waals surface area contributed by atoms with Crippen LogP contribution in [0.5, 0.6) is 0 Å². The molecule has 0 aliphatic rings. The first kappa shape index (κ1) is 24.4. The molecule has 5 heteroatoms. The fourth-order valence-electron chi connectivity index (χ4n) is 5.38. The van der Waals surface area contributed by atoms with Gasteiger partial charge in [-0.1, -0.05) is 78.9 Å². The lowest BCUT2D eigenvalue weighted by Crippen LogP contribution is -2.10. The van der Waals surface area contributed by atoms with Crippen molar-refractivity contribution in [3.63, 3.8) is 0 Å². The van der Waals surface area contributed by atoms with E-state index in [4.69, 9.17) is 15.0 Å². The quantitative estimate of drug-likeness (QED) is 0.198. The molecule has 0 N–H and O–H groups in total. The SMILES string of the molecule is c1ccc(N(c2ccc(-c3ccc(-c4nc5ccccc5s4)cc3)cc2)c2ccc3nc4ccccc4nc3c2)cc1. The largest absolute Gasteiger partial charge is 0.310 e. The Morgan fingerprint density at radius 2 is 0.905 bits per heavy atom. The summed E-state index contributed by atoms with van der Waals surface area (Å²) >= 11 is 1.73. The lowest BCUT2D eigenvalue weighted by Gasteiger charge is -2.25. The van der Waals surface area contributed by atoms with Crippen LogP contribution in [-0.4, -0.2) is 15.0 Å². The molecular formula is C37H24N4S. The number of thiazole rings is 1. The van der Waals surface area contributed by atoms with Crippen LogP contribution in [-0.2, 0) is 0 Å². The molecule has 2 heterocycles. The van der Waals surface area contributed by atoms with Crippen molar-refractivity contribution in [1.82, 2.24) is 15.0 Å². The number of aromatic nitrogens is 3. The Bertz CT molecular complexity index is 2150. The number of fused-ring (bicyclic) bond motifs is 3. The van der Waals surface area contributed by atoms with Crippen LogP contribution < -0.4 is 4.90 Å². The van der Waals surface area contributed by atoms with Crippen molar-refractivity contribution in [3.8, 4) is 21.7 Å². The predicted octanol–water partition coefficient (Wildman–Crippen LogP) is 10.2. The highest BCUT2D eigenvalue weighted by molar-refractivity contribution is 7.21. The molecule has 0 aliphatic carbocycles. The molecule has 2 aromatic heterocycles. The summed E-state index contributed by atoms with van der Waals surface area (Å²) in [6.45, 7) is 0. The van der Waals surface area contributed by atoms with Gasteiger partial charge in [-0.3, -0.25) is 0 Å².